The minimum atomic E-state index is -3.88. The Morgan fingerprint density at radius 2 is 1.61 bits per heavy atom. The standard InChI is InChI=1S/C25H28N2O5S/c1-16-6-10-20(11-7-16)27-33(29,30)24-14-19(9-8-17(24)2)25(28)26-18(3)22-15-21(31-4)12-13-23(22)32-5/h6-15,18,27H,1-5H3,(H,26,28)/t18-/m1/s1. The Morgan fingerprint density at radius 3 is 2.24 bits per heavy atom. The first-order valence-corrected chi connectivity index (χ1v) is 11.9. The number of carbonyl (C=O) groups is 1. The van der Waals surface area contributed by atoms with E-state index in [1.165, 1.54) is 6.07 Å². The van der Waals surface area contributed by atoms with Crippen molar-refractivity contribution >= 4 is 21.6 Å². The van der Waals surface area contributed by atoms with Gasteiger partial charge in [0.1, 0.15) is 11.5 Å². The average molecular weight is 469 g/mol. The van der Waals surface area contributed by atoms with Gasteiger partial charge in [0.05, 0.1) is 25.2 Å². The summed E-state index contributed by atoms with van der Waals surface area (Å²) >= 11 is 0. The summed E-state index contributed by atoms with van der Waals surface area (Å²) in [5, 5.41) is 2.90. The fourth-order valence-corrected chi connectivity index (χ4v) is 4.73. The van der Waals surface area contributed by atoms with Gasteiger partial charge in [-0.05, 0) is 68.8 Å². The summed E-state index contributed by atoms with van der Waals surface area (Å²) in [6.45, 7) is 5.43. The first kappa shape index (κ1) is 24.1. The average Bonchev–Trinajstić information content (AvgIpc) is 2.80. The molecular formula is C25H28N2O5S. The van der Waals surface area contributed by atoms with Crippen molar-refractivity contribution < 1.29 is 22.7 Å². The van der Waals surface area contributed by atoms with Crippen LogP contribution in [0.15, 0.2) is 65.6 Å². The van der Waals surface area contributed by atoms with Crippen molar-refractivity contribution in [1.29, 1.82) is 0 Å². The first-order valence-electron chi connectivity index (χ1n) is 10.4. The topological polar surface area (TPSA) is 93.7 Å². The normalized spacial score (nSPS) is 12.0. The van der Waals surface area contributed by atoms with Crippen LogP contribution < -0.4 is 19.5 Å². The third kappa shape index (κ3) is 5.64. The van der Waals surface area contributed by atoms with Gasteiger partial charge in [-0.25, -0.2) is 8.42 Å². The number of nitrogens with one attached hydrogen (secondary N) is 2. The second-order valence-corrected chi connectivity index (χ2v) is 9.41. The van der Waals surface area contributed by atoms with Crippen LogP contribution >= 0.6 is 0 Å². The number of carbonyl (C=O) groups excluding carboxylic acids is 1. The van der Waals surface area contributed by atoms with Crippen LogP contribution in [0.25, 0.3) is 0 Å². The Labute approximate surface area is 194 Å². The molecule has 1 atom stereocenters. The molecule has 0 saturated heterocycles. The number of rotatable bonds is 8. The Balaban J connectivity index is 1.85. The number of sulfonamides is 1. The van der Waals surface area contributed by atoms with Crippen molar-refractivity contribution in [1.82, 2.24) is 5.32 Å². The predicted molar refractivity (Wildman–Crippen MR) is 129 cm³/mol. The highest BCUT2D eigenvalue weighted by molar-refractivity contribution is 7.92. The lowest BCUT2D eigenvalue weighted by atomic mass is 10.1. The van der Waals surface area contributed by atoms with Gasteiger partial charge in [-0.15, -0.1) is 0 Å². The maximum atomic E-state index is 13.0. The first-order chi connectivity index (χ1) is 15.6. The minimum Gasteiger partial charge on any atom is -0.497 e. The molecule has 0 bridgehead atoms. The van der Waals surface area contributed by atoms with E-state index in [-0.39, 0.29) is 10.5 Å². The fourth-order valence-electron chi connectivity index (χ4n) is 3.40. The number of aryl methyl sites for hydroxylation is 2. The number of anilines is 1. The molecule has 3 aromatic carbocycles. The maximum absolute atomic E-state index is 13.0. The van der Waals surface area contributed by atoms with Gasteiger partial charge in [-0.2, -0.15) is 0 Å². The number of amides is 1. The molecule has 3 aromatic rings. The Morgan fingerprint density at radius 1 is 0.909 bits per heavy atom. The molecule has 2 N–H and O–H groups in total. The minimum absolute atomic E-state index is 0.0438. The predicted octanol–water partition coefficient (Wildman–Crippen LogP) is 4.61. The van der Waals surface area contributed by atoms with Crippen LogP contribution in [-0.4, -0.2) is 28.5 Å². The van der Waals surface area contributed by atoms with Gasteiger partial charge in [0, 0.05) is 16.8 Å². The molecular weight excluding hydrogens is 440 g/mol. The molecule has 0 radical (unpaired) electrons. The number of ether oxygens (including phenoxy) is 2. The Hall–Kier alpha value is -3.52. The van der Waals surface area contributed by atoms with Crippen LogP contribution in [0.1, 0.15) is 40.0 Å². The molecule has 0 heterocycles. The molecule has 0 fully saturated rings. The second-order valence-electron chi connectivity index (χ2n) is 7.75. The summed E-state index contributed by atoms with van der Waals surface area (Å²) in [6.07, 6.45) is 0. The van der Waals surface area contributed by atoms with Crippen molar-refractivity contribution in [2.75, 3.05) is 18.9 Å². The van der Waals surface area contributed by atoms with E-state index in [9.17, 15) is 13.2 Å². The monoisotopic (exact) mass is 468 g/mol. The lowest BCUT2D eigenvalue weighted by Crippen LogP contribution is -2.27. The molecule has 0 unspecified atom stereocenters. The number of hydrogen-bond donors (Lipinski definition) is 2. The summed E-state index contributed by atoms with van der Waals surface area (Å²) in [5.74, 6) is 0.843. The molecule has 174 valence electrons. The number of benzene rings is 3. The number of hydrogen-bond acceptors (Lipinski definition) is 5. The van der Waals surface area contributed by atoms with Crippen molar-refractivity contribution in [2.45, 2.75) is 31.7 Å². The van der Waals surface area contributed by atoms with E-state index >= 15 is 0 Å². The van der Waals surface area contributed by atoms with Crippen LogP contribution in [0, 0.1) is 13.8 Å². The maximum Gasteiger partial charge on any atom is 0.262 e. The van der Waals surface area contributed by atoms with Gasteiger partial charge in [0.2, 0.25) is 0 Å². The molecule has 1 amide bonds. The van der Waals surface area contributed by atoms with Gasteiger partial charge in [0.15, 0.2) is 0 Å². The lowest BCUT2D eigenvalue weighted by molar-refractivity contribution is 0.0939. The lowest BCUT2D eigenvalue weighted by Gasteiger charge is -2.19. The van der Waals surface area contributed by atoms with Crippen LogP contribution in [0.4, 0.5) is 5.69 Å². The van der Waals surface area contributed by atoms with Crippen LogP contribution in [-0.2, 0) is 10.0 Å². The SMILES string of the molecule is COc1ccc(OC)c([C@@H](C)NC(=O)c2ccc(C)c(S(=O)(=O)Nc3ccc(C)cc3)c2)c1. The largest absolute Gasteiger partial charge is 0.497 e. The molecule has 3 rings (SSSR count). The van der Waals surface area contributed by atoms with Crippen LogP contribution in [0.3, 0.4) is 0 Å². The van der Waals surface area contributed by atoms with Gasteiger partial charge in [-0.1, -0.05) is 23.8 Å². The van der Waals surface area contributed by atoms with Crippen molar-refractivity contribution in [3.05, 3.63) is 82.9 Å². The summed E-state index contributed by atoms with van der Waals surface area (Å²) in [4.78, 5) is 13.0. The third-order valence-corrected chi connectivity index (χ3v) is 6.82. The quantitative estimate of drug-likeness (QED) is 0.503. The Bertz CT molecular complexity index is 1250. The van der Waals surface area contributed by atoms with E-state index in [1.807, 2.05) is 26.0 Å². The molecule has 0 saturated carbocycles. The molecule has 0 aliphatic rings. The van der Waals surface area contributed by atoms with Crippen molar-refractivity contribution in [2.24, 2.45) is 0 Å². The molecule has 0 spiro atoms. The van der Waals surface area contributed by atoms with E-state index in [4.69, 9.17) is 9.47 Å². The van der Waals surface area contributed by atoms with E-state index in [1.54, 1.807) is 63.6 Å². The zero-order valence-electron chi connectivity index (χ0n) is 19.3. The second kappa shape index (κ2) is 9.95. The zero-order valence-corrected chi connectivity index (χ0v) is 20.1. The van der Waals surface area contributed by atoms with Gasteiger partial charge >= 0.3 is 0 Å². The summed E-state index contributed by atoms with van der Waals surface area (Å²) in [5.41, 5.74) is 2.99. The zero-order chi connectivity index (χ0) is 24.2. The molecule has 0 aromatic heterocycles. The third-order valence-electron chi connectivity index (χ3n) is 5.29. The Kier molecular flexibility index (Phi) is 7.28. The molecule has 33 heavy (non-hydrogen) atoms. The molecule has 8 heteroatoms. The van der Waals surface area contributed by atoms with Crippen molar-refractivity contribution in [3.8, 4) is 11.5 Å². The summed E-state index contributed by atoms with van der Waals surface area (Å²) in [7, 11) is -0.763. The molecule has 7 nitrogen and oxygen atoms in total. The molecule has 0 aliphatic carbocycles. The van der Waals surface area contributed by atoms with Crippen LogP contribution in [0.2, 0.25) is 0 Å². The highest BCUT2D eigenvalue weighted by atomic mass is 32.2. The van der Waals surface area contributed by atoms with Crippen LogP contribution in [0.5, 0.6) is 11.5 Å². The van der Waals surface area contributed by atoms with Gasteiger partial charge in [-0.3, -0.25) is 9.52 Å². The smallest absolute Gasteiger partial charge is 0.262 e. The van der Waals surface area contributed by atoms with Gasteiger partial charge in [0.25, 0.3) is 15.9 Å². The molecule has 0 aliphatic heterocycles. The summed E-state index contributed by atoms with van der Waals surface area (Å²) < 4.78 is 39.3. The van der Waals surface area contributed by atoms with E-state index < -0.39 is 22.0 Å². The van der Waals surface area contributed by atoms with E-state index in [0.717, 1.165) is 11.1 Å². The van der Waals surface area contributed by atoms with Gasteiger partial charge < -0.3 is 14.8 Å². The highest BCUT2D eigenvalue weighted by Gasteiger charge is 2.21. The van der Waals surface area contributed by atoms with Crippen molar-refractivity contribution in [3.63, 3.8) is 0 Å². The fraction of sp³-hybridized carbons (Fsp3) is 0.240. The van der Waals surface area contributed by atoms with E-state index in [0.29, 0.717) is 22.7 Å². The summed E-state index contributed by atoms with van der Waals surface area (Å²) in [6, 6.07) is 16.6. The number of methoxy groups -OCH3 is 2. The van der Waals surface area contributed by atoms with E-state index in [2.05, 4.69) is 10.0 Å². The highest BCUT2D eigenvalue weighted by Crippen LogP contribution is 2.29.